The molecule has 1 unspecified atom stereocenters. The van der Waals surface area contributed by atoms with Crippen LogP contribution in [0.2, 0.25) is 0 Å². The maximum atomic E-state index is 11.7. The summed E-state index contributed by atoms with van der Waals surface area (Å²) in [5.41, 5.74) is 5.81. The smallest absolute Gasteiger partial charge is 0.236 e. The van der Waals surface area contributed by atoms with Crippen LogP contribution in [0, 0.1) is 11.8 Å². The van der Waals surface area contributed by atoms with Gasteiger partial charge in [-0.3, -0.25) is 4.79 Å². The summed E-state index contributed by atoms with van der Waals surface area (Å²) in [7, 11) is 0. The number of nitrogens with one attached hydrogen (secondary N) is 1. The molecule has 0 aliphatic rings. The molecular weight excluding hydrogens is 228 g/mol. The van der Waals surface area contributed by atoms with Crippen molar-refractivity contribution < 1.29 is 9.53 Å². The molecule has 0 saturated carbocycles. The van der Waals surface area contributed by atoms with Crippen LogP contribution in [0.15, 0.2) is 0 Å². The number of nitrogens with two attached hydrogens (primary N) is 1. The van der Waals surface area contributed by atoms with Crippen LogP contribution in [0.1, 0.15) is 47.5 Å². The quantitative estimate of drug-likeness (QED) is 0.664. The molecule has 2 atom stereocenters. The van der Waals surface area contributed by atoms with Gasteiger partial charge in [0.25, 0.3) is 0 Å². The van der Waals surface area contributed by atoms with Gasteiger partial charge in [0.05, 0.1) is 12.1 Å². The Labute approximate surface area is 112 Å². The highest BCUT2D eigenvalue weighted by Crippen LogP contribution is 2.10. The number of rotatable bonds is 9. The van der Waals surface area contributed by atoms with Gasteiger partial charge in [-0.1, -0.05) is 27.7 Å². The molecule has 0 aromatic rings. The molecule has 4 nitrogen and oxygen atoms in total. The summed E-state index contributed by atoms with van der Waals surface area (Å²) in [5, 5.41) is 2.89. The van der Waals surface area contributed by atoms with Crippen molar-refractivity contribution in [2.45, 2.75) is 59.6 Å². The summed E-state index contributed by atoms with van der Waals surface area (Å²) in [5.74, 6) is 0.853. The second-order valence-corrected chi connectivity index (χ2v) is 5.55. The number of hydrogen-bond acceptors (Lipinski definition) is 3. The zero-order chi connectivity index (χ0) is 14.1. The van der Waals surface area contributed by atoms with Crippen LogP contribution in [0.3, 0.4) is 0 Å². The van der Waals surface area contributed by atoms with Gasteiger partial charge < -0.3 is 15.8 Å². The van der Waals surface area contributed by atoms with Gasteiger partial charge in [0, 0.05) is 13.2 Å². The lowest BCUT2D eigenvalue weighted by molar-refractivity contribution is -0.122. The second kappa shape index (κ2) is 9.34. The fourth-order valence-corrected chi connectivity index (χ4v) is 1.91. The summed E-state index contributed by atoms with van der Waals surface area (Å²) >= 11 is 0. The van der Waals surface area contributed by atoms with Crippen molar-refractivity contribution in [2.24, 2.45) is 17.6 Å². The summed E-state index contributed by atoms with van der Waals surface area (Å²) in [4.78, 5) is 11.7. The van der Waals surface area contributed by atoms with Gasteiger partial charge in [0.2, 0.25) is 5.91 Å². The van der Waals surface area contributed by atoms with E-state index >= 15 is 0 Å². The van der Waals surface area contributed by atoms with Crippen LogP contribution < -0.4 is 11.1 Å². The van der Waals surface area contributed by atoms with Crippen LogP contribution in [-0.2, 0) is 9.53 Å². The molecular formula is C14H30N2O2. The standard InChI is InChI=1S/C14H30N2O2/c1-6-18-13(11(4)5)7-8-16-14(17)12(15)9-10(2)3/h10-13H,6-9,15H2,1-5H3,(H,16,17)/t12-,13?/m0/s1. The Hall–Kier alpha value is -0.610. The minimum absolute atomic E-state index is 0.0531. The molecule has 0 aromatic heterocycles. The SMILES string of the molecule is CCOC(CCNC(=O)[C@@H](N)CC(C)C)C(C)C. The summed E-state index contributed by atoms with van der Waals surface area (Å²) in [6.07, 6.45) is 1.77. The van der Waals surface area contributed by atoms with E-state index in [-0.39, 0.29) is 12.0 Å². The third-order valence-corrected chi connectivity index (χ3v) is 2.91. The monoisotopic (exact) mass is 258 g/mol. The number of carbonyl (C=O) groups is 1. The van der Waals surface area contributed by atoms with Crippen molar-refractivity contribution in [3.63, 3.8) is 0 Å². The van der Waals surface area contributed by atoms with Crippen molar-refractivity contribution in [2.75, 3.05) is 13.2 Å². The first-order chi connectivity index (χ1) is 8.38. The highest BCUT2D eigenvalue weighted by molar-refractivity contribution is 5.81. The Bertz CT molecular complexity index is 230. The van der Waals surface area contributed by atoms with Crippen molar-refractivity contribution in [3.05, 3.63) is 0 Å². The van der Waals surface area contributed by atoms with Gasteiger partial charge in [-0.15, -0.1) is 0 Å². The van der Waals surface area contributed by atoms with E-state index in [1.165, 1.54) is 0 Å². The molecule has 1 amide bonds. The summed E-state index contributed by atoms with van der Waals surface area (Å²) in [6.45, 7) is 11.7. The fourth-order valence-electron chi connectivity index (χ4n) is 1.91. The van der Waals surface area contributed by atoms with Gasteiger partial charge in [-0.2, -0.15) is 0 Å². The largest absolute Gasteiger partial charge is 0.378 e. The van der Waals surface area contributed by atoms with E-state index in [2.05, 4.69) is 33.0 Å². The predicted molar refractivity (Wildman–Crippen MR) is 75.3 cm³/mol. The minimum atomic E-state index is -0.394. The molecule has 0 spiro atoms. The molecule has 0 aromatic carbocycles. The topological polar surface area (TPSA) is 64.3 Å². The van der Waals surface area contributed by atoms with Gasteiger partial charge in [0.1, 0.15) is 0 Å². The zero-order valence-corrected chi connectivity index (χ0v) is 12.5. The van der Waals surface area contributed by atoms with Crippen molar-refractivity contribution in [1.82, 2.24) is 5.32 Å². The first-order valence-corrected chi connectivity index (χ1v) is 7.03. The third kappa shape index (κ3) is 7.67. The van der Waals surface area contributed by atoms with Gasteiger partial charge in [0.15, 0.2) is 0 Å². The van der Waals surface area contributed by atoms with E-state index in [0.717, 1.165) is 12.8 Å². The molecule has 18 heavy (non-hydrogen) atoms. The molecule has 3 N–H and O–H groups in total. The van der Waals surface area contributed by atoms with E-state index in [0.29, 0.717) is 25.0 Å². The van der Waals surface area contributed by atoms with Crippen LogP contribution in [0.25, 0.3) is 0 Å². The average Bonchev–Trinajstić information content (AvgIpc) is 2.26. The van der Waals surface area contributed by atoms with Crippen LogP contribution in [-0.4, -0.2) is 31.2 Å². The van der Waals surface area contributed by atoms with E-state index in [1.54, 1.807) is 0 Å². The average molecular weight is 258 g/mol. The lowest BCUT2D eigenvalue weighted by atomic mass is 10.0. The Morgan fingerprint density at radius 2 is 1.89 bits per heavy atom. The van der Waals surface area contributed by atoms with Gasteiger partial charge >= 0.3 is 0 Å². The normalized spacial score (nSPS) is 14.9. The Morgan fingerprint density at radius 3 is 2.33 bits per heavy atom. The van der Waals surface area contributed by atoms with Crippen LogP contribution >= 0.6 is 0 Å². The molecule has 4 heteroatoms. The third-order valence-electron chi connectivity index (χ3n) is 2.91. The Balaban J connectivity index is 3.90. The number of amides is 1. The summed E-state index contributed by atoms with van der Waals surface area (Å²) < 4.78 is 5.63. The predicted octanol–water partition coefficient (Wildman–Crippen LogP) is 1.93. The molecule has 0 aliphatic heterocycles. The number of ether oxygens (including phenoxy) is 1. The Morgan fingerprint density at radius 1 is 1.28 bits per heavy atom. The molecule has 0 heterocycles. The van der Waals surface area contributed by atoms with E-state index in [9.17, 15) is 4.79 Å². The van der Waals surface area contributed by atoms with Crippen molar-refractivity contribution in [3.8, 4) is 0 Å². The van der Waals surface area contributed by atoms with E-state index in [1.807, 2.05) is 6.92 Å². The molecule has 0 saturated heterocycles. The van der Waals surface area contributed by atoms with Crippen LogP contribution in [0.5, 0.6) is 0 Å². The maximum Gasteiger partial charge on any atom is 0.236 e. The molecule has 0 radical (unpaired) electrons. The molecule has 108 valence electrons. The highest BCUT2D eigenvalue weighted by Gasteiger charge is 2.16. The van der Waals surface area contributed by atoms with Gasteiger partial charge in [-0.25, -0.2) is 0 Å². The first-order valence-electron chi connectivity index (χ1n) is 7.03. The molecule has 0 bridgehead atoms. The Kier molecular flexibility index (Phi) is 9.02. The van der Waals surface area contributed by atoms with Gasteiger partial charge in [-0.05, 0) is 31.6 Å². The number of carbonyl (C=O) groups excluding carboxylic acids is 1. The minimum Gasteiger partial charge on any atom is -0.378 e. The lowest BCUT2D eigenvalue weighted by Crippen LogP contribution is -2.42. The molecule has 0 rings (SSSR count). The molecule has 0 fully saturated rings. The van der Waals surface area contributed by atoms with Crippen molar-refractivity contribution in [1.29, 1.82) is 0 Å². The lowest BCUT2D eigenvalue weighted by Gasteiger charge is -2.21. The first kappa shape index (κ1) is 17.4. The van der Waals surface area contributed by atoms with Crippen LogP contribution in [0.4, 0.5) is 0 Å². The van der Waals surface area contributed by atoms with Crippen molar-refractivity contribution >= 4 is 5.91 Å². The maximum absolute atomic E-state index is 11.7. The summed E-state index contributed by atoms with van der Waals surface area (Å²) in [6, 6.07) is -0.394. The molecule has 0 aliphatic carbocycles. The second-order valence-electron chi connectivity index (χ2n) is 5.55. The fraction of sp³-hybridized carbons (Fsp3) is 0.929. The highest BCUT2D eigenvalue weighted by atomic mass is 16.5. The van der Waals surface area contributed by atoms with E-state index in [4.69, 9.17) is 10.5 Å². The number of hydrogen-bond donors (Lipinski definition) is 2. The van der Waals surface area contributed by atoms with E-state index < -0.39 is 6.04 Å². The zero-order valence-electron chi connectivity index (χ0n) is 12.5.